The molecule has 10 aromatic carbocycles. The van der Waals surface area contributed by atoms with Crippen LogP contribution in [0.2, 0.25) is 0 Å². The van der Waals surface area contributed by atoms with E-state index in [2.05, 4.69) is 239 Å². The lowest BCUT2D eigenvalue weighted by atomic mass is 9.67. The molecule has 0 atom stereocenters. The van der Waals surface area contributed by atoms with E-state index < -0.39 is 10.8 Å². The molecule has 0 aromatic heterocycles. The number of hydrogen-bond donors (Lipinski definition) is 0. The predicted octanol–water partition coefficient (Wildman–Crippen LogP) is 16.7. The number of hydrogen-bond acceptors (Lipinski definition) is 1. The van der Waals surface area contributed by atoms with E-state index in [0.717, 1.165) is 61.6 Å². The fraction of sp³-hybridized carbons (Fsp3) is 0.0312. The molecule has 3 heteroatoms. The minimum absolute atomic E-state index is 0.572. The van der Waals surface area contributed by atoms with Crippen LogP contribution in [0.5, 0.6) is 0 Å². The van der Waals surface area contributed by atoms with Crippen molar-refractivity contribution >= 4 is 28.4 Å². The summed E-state index contributed by atoms with van der Waals surface area (Å²) in [5.41, 5.74) is 19.5. The summed E-state index contributed by atoms with van der Waals surface area (Å²) in [6, 6.07) is 89.2. The van der Waals surface area contributed by atoms with E-state index in [0.29, 0.717) is 11.4 Å². The average molecular weight is 852 g/mol. The van der Waals surface area contributed by atoms with Crippen molar-refractivity contribution in [3.8, 4) is 33.4 Å². The van der Waals surface area contributed by atoms with Gasteiger partial charge in [-0.2, -0.15) is 0 Å². The summed E-state index contributed by atoms with van der Waals surface area (Å²) in [5.74, 6) is 0. The van der Waals surface area contributed by atoms with Gasteiger partial charge in [0, 0.05) is 16.9 Å². The summed E-state index contributed by atoms with van der Waals surface area (Å²) in [6.07, 6.45) is 0. The topological polar surface area (TPSA) is 12.0 Å². The molecule has 0 saturated carbocycles. The van der Waals surface area contributed by atoms with Crippen molar-refractivity contribution in [2.24, 2.45) is 0 Å². The first-order valence-electron chi connectivity index (χ1n) is 22.6. The summed E-state index contributed by atoms with van der Waals surface area (Å²) >= 11 is 0. The van der Waals surface area contributed by atoms with E-state index in [1.165, 1.54) is 33.4 Å². The Morgan fingerprint density at radius 1 is 0.299 bits per heavy atom. The minimum Gasteiger partial charge on any atom is -0.310 e. The highest BCUT2D eigenvalue weighted by Crippen LogP contribution is 2.60. The Morgan fingerprint density at radius 2 is 0.701 bits per heavy atom. The standard InChI is InChI=1S/C64H41N3/c1-65-49-34-30-47(31-35-49)63(48-32-36-50(66-2)37-33-48)59-28-16-13-26-55(59)57-42-51(39-41-60(57)63)67(62-29-17-14-24-53(62)44-18-6-3-7-19-44)52-38-40-56-54-25-12-15-27-58(54)64(61(56)43-52,45-20-8-4-9-21-45)46-22-10-5-11-23-46/h3-43H. The van der Waals surface area contributed by atoms with Gasteiger partial charge in [0.15, 0.2) is 11.4 Å². The van der Waals surface area contributed by atoms with Gasteiger partial charge in [0.2, 0.25) is 0 Å². The number of anilines is 3. The normalized spacial score (nSPS) is 13.3. The minimum atomic E-state index is -0.706. The highest BCUT2D eigenvalue weighted by Gasteiger charge is 2.48. The van der Waals surface area contributed by atoms with Crippen LogP contribution < -0.4 is 4.90 Å². The third-order valence-electron chi connectivity index (χ3n) is 14.1. The van der Waals surface area contributed by atoms with Gasteiger partial charge in [-0.05, 0) is 103 Å². The first-order valence-corrected chi connectivity index (χ1v) is 22.6. The Morgan fingerprint density at radius 3 is 1.27 bits per heavy atom. The van der Waals surface area contributed by atoms with Crippen LogP contribution in [0.1, 0.15) is 44.5 Å². The fourth-order valence-electron chi connectivity index (χ4n) is 11.3. The molecule has 0 unspecified atom stereocenters. The highest BCUT2D eigenvalue weighted by atomic mass is 15.1. The maximum atomic E-state index is 7.77. The van der Waals surface area contributed by atoms with Gasteiger partial charge >= 0.3 is 0 Å². The second-order valence-corrected chi connectivity index (χ2v) is 17.3. The monoisotopic (exact) mass is 851 g/mol. The molecule has 12 rings (SSSR count). The summed E-state index contributed by atoms with van der Waals surface area (Å²) in [6.45, 7) is 15.5. The second-order valence-electron chi connectivity index (χ2n) is 17.3. The van der Waals surface area contributed by atoms with Gasteiger partial charge in [-0.3, -0.25) is 0 Å². The average Bonchev–Trinajstić information content (AvgIpc) is 3.87. The van der Waals surface area contributed by atoms with Crippen molar-refractivity contribution in [3.63, 3.8) is 0 Å². The number of nitrogens with zero attached hydrogens (tertiary/aromatic N) is 3. The van der Waals surface area contributed by atoms with Gasteiger partial charge < -0.3 is 4.90 Å². The van der Waals surface area contributed by atoms with E-state index in [4.69, 9.17) is 13.1 Å². The van der Waals surface area contributed by atoms with Crippen molar-refractivity contribution < 1.29 is 0 Å². The zero-order chi connectivity index (χ0) is 45.0. The molecule has 0 saturated heterocycles. The molecule has 0 aliphatic heterocycles. The number of para-hydroxylation sites is 1. The van der Waals surface area contributed by atoms with Crippen molar-refractivity contribution in [2.45, 2.75) is 10.8 Å². The molecule has 0 spiro atoms. The zero-order valence-electron chi connectivity index (χ0n) is 36.5. The maximum Gasteiger partial charge on any atom is 0.187 e. The molecule has 67 heavy (non-hydrogen) atoms. The Kier molecular flexibility index (Phi) is 9.39. The molecular formula is C64H41N3. The highest BCUT2D eigenvalue weighted by molar-refractivity contribution is 5.95. The molecule has 10 aromatic rings. The molecule has 0 N–H and O–H groups in total. The molecule has 312 valence electrons. The van der Waals surface area contributed by atoms with Crippen molar-refractivity contribution in [3.05, 3.63) is 316 Å². The van der Waals surface area contributed by atoms with Crippen LogP contribution in [0.25, 0.3) is 43.1 Å². The molecule has 2 aliphatic carbocycles. The molecule has 0 fully saturated rings. The van der Waals surface area contributed by atoms with Crippen molar-refractivity contribution in [1.29, 1.82) is 0 Å². The van der Waals surface area contributed by atoms with Crippen LogP contribution in [0, 0.1) is 13.1 Å². The molecule has 0 heterocycles. The first-order chi connectivity index (χ1) is 33.1. The van der Waals surface area contributed by atoms with E-state index in [-0.39, 0.29) is 0 Å². The third kappa shape index (κ3) is 5.96. The molecule has 0 radical (unpaired) electrons. The Hall–Kier alpha value is -9.02. The summed E-state index contributed by atoms with van der Waals surface area (Å²) < 4.78 is 0. The van der Waals surface area contributed by atoms with Crippen LogP contribution in [0.3, 0.4) is 0 Å². The molecule has 3 nitrogen and oxygen atoms in total. The van der Waals surface area contributed by atoms with Crippen LogP contribution >= 0.6 is 0 Å². The first kappa shape index (κ1) is 39.6. The smallest absolute Gasteiger partial charge is 0.187 e. The van der Waals surface area contributed by atoms with Crippen LogP contribution in [0.15, 0.2) is 249 Å². The predicted molar refractivity (Wildman–Crippen MR) is 274 cm³/mol. The van der Waals surface area contributed by atoms with Gasteiger partial charge in [0.25, 0.3) is 0 Å². The van der Waals surface area contributed by atoms with Gasteiger partial charge in [-0.25, -0.2) is 9.69 Å². The number of benzene rings is 10. The van der Waals surface area contributed by atoms with Gasteiger partial charge in [0.1, 0.15) is 0 Å². The Bertz CT molecular complexity index is 3480. The maximum absolute atomic E-state index is 7.77. The summed E-state index contributed by atoms with van der Waals surface area (Å²) in [7, 11) is 0. The van der Waals surface area contributed by atoms with E-state index >= 15 is 0 Å². The van der Waals surface area contributed by atoms with Gasteiger partial charge in [0.05, 0.1) is 29.7 Å². The lowest BCUT2D eigenvalue weighted by molar-refractivity contribution is 0.768. The fourth-order valence-corrected chi connectivity index (χ4v) is 11.3. The Labute approximate surface area is 391 Å². The lowest BCUT2D eigenvalue weighted by Gasteiger charge is -2.35. The van der Waals surface area contributed by atoms with Gasteiger partial charge in [-0.15, -0.1) is 0 Å². The SMILES string of the molecule is [C-]#[N+]c1ccc(C2(c3ccc([N+]#[C-])cc3)c3ccccc3-c3cc(N(c4ccc5c(c4)C(c4ccccc4)(c4ccccc4)c4ccccc4-5)c4ccccc4-c4ccccc4)ccc32)cc1. The van der Waals surface area contributed by atoms with Crippen molar-refractivity contribution in [2.75, 3.05) is 4.90 Å². The second kappa shape index (κ2) is 15.9. The Balaban J connectivity index is 1.14. The van der Waals surface area contributed by atoms with E-state index in [9.17, 15) is 0 Å². The van der Waals surface area contributed by atoms with Crippen LogP contribution in [-0.2, 0) is 10.8 Å². The van der Waals surface area contributed by atoms with Crippen LogP contribution in [0.4, 0.5) is 28.4 Å². The number of rotatable bonds is 8. The number of fused-ring (bicyclic) bond motifs is 6. The largest absolute Gasteiger partial charge is 0.310 e. The zero-order valence-corrected chi connectivity index (χ0v) is 36.5. The third-order valence-corrected chi connectivity index (χ3v) is 14.1. The van der Waals surface area contributed by atoms with Crippen molar-refractivity contribution in [1.82, 2.24) is 0 Å². The van der Waals surface area contributed by atoms with Crippen LogP contribution in [-0.4, -0.2) is 0 Å². The quantitative estimate of drug-likeness (QED) is 0.139. The summed E-state index contributed by atoms with van der Waals surface area (Å²) in [4.78, 5) is 9.95. The molecule has 0 amide bonds. The molecular weight excluding hydrogens is 811 g/mol. The van der Waals surface area contributed by atoms with E-state index in [1.807, 2.05) is 24.3 Å². The summed E-state index contributed by atoms with van der Waals surface area (Å²) in [5, 5.41) is 0. The molecule has 2 aliphatic rings. The lowest BCUT2D eigenvalue weighted by Crippen LogP contribution is -2.29. The van der Waals surface area contributed by atoms with E-state index in [1.54, 1.807) is 0 Å². The van der Waals surface area contributed by atoms with Gasteiger partial charge in [-0.1, -0.05) is 218 Å². The molecule has 0 bridgehead atoms.